The lowest BCUT2D eigenvalue weighted by Crippen LogP contribution is -2.38. The van der Waals surface area contributed by atoms with Crippen LogP contribution in [0, 0.1) is 6.92 Å². The quantitative estimate of drug-likeness (QED) is 0.421. The van der Waals surface area contributed by atoms with Crippen molar-refractivity contribution in [3.8, 4) is 5.69 Å². The van der Waals surface area contributed by atoms with E-state index < -0.39 is 6.04 Å². The number of carbonyl (C=O) groups excluding carboxylic acids is 1. The Balaban J connectivity index is 1.91. The van der Waals surface area contributed by atoms with Crippen molar-refractivity contribution in [1.29, 1.82) is 0 Å². The Hall–Kier alpha value is -3.73. The van der Waals surface area contributed by atoms with Crippen LogP contribution in [0.4, 0.5) is 0 Å². The van der Waals surface area contributed by atoms with Gasteiger partial charge in [0.1, 0.15) is 5.82 Å². The molecule has 0 spiro atoms. The lowest BCUT2D eigenvalue weighted by atomic mass is 10.1. The number of hydrogen-bond donors (Lipinski definition) is 0. The van der Waals surface area contributed by atoms with Gasteiger partial charge in [-0.05, 0) is 56.7 Å². The number of nitrogens with zero attached hydrogens (tertiary/aromatic N) is 3. The normalized spacial score (nSPS) is 12.0. The fourth-order valence-corrected chi connectivity index (χ4v) is 3.97. The zero-order valence-electron chi connectivity index (χ0n) is 18.7. The highest BCUT2D eigenvalue weighted by Crippen LogP contribution is 2.25. The van der Waals surface area contributed by atoms with Crippen molar-refractivity contribution in [2.24, 2.45) is 0 Å². The molecule has 0 aliphatic heterocycles. The summed E-state index contributed by atoms with van der Waals surface area (Å²) in [7, 11) is 0. The van der Waals surface area contributed by atoms with E-state index in [0.717, 1.165) is 17.7 Å². The van der Waals surface area contributed by atoms with Crippen molar-refractivity contribution >= 4 is 16.8 Å². The molecule has 5 heteroatoms. The summed E-state index contributed by atoms with van der Waals surface area (Å²) in [6.07, 6.45) is 0.797. The summed E-state index contributed by atoms with van der Waals surface area (Å²) in [5, 5.41) is 0.556. The maximum absolute atomic E-state index is 13.6. The van der Waals surface area contributed by atoms with E-state index in [1.165, 1.54) is 0 Å². The van der Waals surface area contributed by atoms with Crippen LogP contribution in [0.2, 0.25) is 0 Å². The Kier molecular flexibility index (Phi) is 6.17. The summed E-state index contributed by atoms with van der Waals surface area (Å²) in [6.45, 7) is 6.55. The number of rotatable bonds is 6. The van der Waals surface area contributed by atoms with Crippen LogP contribution in [0.5, 0.6) is 0 Å². The van der Waals surface area contributed by atoms with Crippen LogP contribution in [0.1, 0.15) is 48.1 Å². The van der Waals surface area contributed by atoms with Crippen LogP contribution in [0.3, 0.4) is 0 Å². The molecule has 4 aromatic rings. The first kappa shape index (κ1) is 21.5. The van der Waals surface area contributed by atoms with Crippen LogP contribution >= 0.6 is 0 Å². The number of carbonyl (C=O) groups is 1. The lowest BCUT2D eigenvalue weighted by Gasteiger charge is -2.30. The molecular formula is C27H27N3O2. The molecule has 5 nitrogen and oxygen atoms in total. The van der Waals surface area contributed by atoms with Crippen LogP contribution in [-0.2, 0) is 0 Å². The second-order valence-corrected chi connectivity index (χ2v) is 8.00. The van der Waals surface area contributed by atoms with Crippen molar-refractivity contribution in [1.82, 2.24) is 14.5 Å². The van der Waals surface area contributed by atoms with E-state index in [-0.39, 0.29) is 11.5 Å². The van der Waals surface area contributed by atoms with Crippen molar-refractivity contribution in [2.75, 3.05) is 6.54 Å². The first-order valence-electron chi connectivity index (χ1n) is 11.0. The third-order valence-electron chi connectivity index (χ3n) is 5.68. The predicted octanol–water partition coefficient (Wildman–Crippen LogP) is 5.31. The largest absolute Gasteiger partial charge is 0.329 e. The van der Waals surface area contributed by atoms with Crippen LogP contribution in [0.25, 0.3) is 16.6 Å². The maximum Gasteiger partial charge on any atom is 0.266 e. The molecule has 3 aromatic carbocycles. The number of hydrogen-bond acceptors (Lipinski definition) is 3. The minimum Gasteiger partial charge on any atom is -0.329 e. The molecule has 1 heterocycles. The van der Waals surface area contributed by atoms with Crippen molar-refractivity contribution in [2.45, 2.75) is 33.2 Å². The zero-order chi connectivity index (χ0) is 22.7. The van der Waals surface area contributed by atoms with Crippen LogP contribution in [-0.4, -0.2) is 26.9 Å². The first-order valence-corrected chi connectivity index (χ1v) is 11.0. The van der Waals surface area contributed by atoms with Gasteiger partial charge < -0.3 is 4.90 Å². The summed E-state index contributed by atoms with van der Waals surface area (Å²) >= 11 is 0. The van der Waals surface area contributed by atoms with Crippen LogP contribution < -0.4 is 5.56 Å². The molecule has 1 atom stereocenters. The summed E-state index contributed by atoms with van der Waals surface area (Å²) in [5.74, 6) is 0.480. The van der Waals surface area contributed by atoms with Gasteiger partial charge in [0.2, 0.25) is 0 Å². The smallest absolute Gasteiger partial charge is 0.266 e. The molecule has 0 saturated heterocycles. The first-order chi connectivity index (χ1) is 15.5. The van der Waals surface area contributed by atoms with Gasteiger partial charge in [-0.1, -0.05) is 55.0 Å². The monoisotopic (exact) mass is 425 g/mol. The van der Waals surface area contributed by atoms with Gasteiger partial charge in [-0.3, -0.25) is 14.2 Å². The van der Waals surface area contributed by atoms with E-state index in [4.69, 9.17) is 4.98 Å². The third-order valence-corrected chi connectivity index (χ3v) is 5.68. The van der Waals surface area contributed by atoms with E-state index in [9.17, 15) is 9.59 Å². The van der Waals surface area contributed by atoms with Gasteiger partial charge in [0.05, 0.1) is 22.6 Å². The SMILES string of the molecule is CCCN(C(=O)c1ccccc1)C(C)c1nc2ccccc2c(=O)n1-c1ccc(C)cc1. The Morgan fingerprint density at radius 1 is 0.969 bits per heavy atom. The topological polar surface area (TPSA) is 55.2 Å². The highest BCUT2D eigenvalue weighted by Gasteiger charge is 2.27. The fourth-order valence-electron chi connectivity index (χ4n) is 3.97. The van der Waals surface area contributed by atoms with Gasteiger partial charge in [0, 0.05) is 12.1 Å². The summed E-state index contributed by atoms with van der Waals surface area (Å²) < 4.78 is 1.65. The number of aromatic nitrogens is 2. The lowest BCUT2D eigenvalue weighted by molar-refractivity contribution is 0.0681. The summed E-state index contributed by atoms with van der Waals surface area (Å²) in [6, 6.07) is 24.0. The highest BCUT2D eigenvalue weighted by atomic mass is 16.2. The summed E-state index contributed by atoms with van der Waals surface area (Å²) in [5.41, 5.74) is 2.97. The Bertz CT molecular complexity index is 1290. The van der Waals surface area contributed by atoms with Gasteiger partial charge in [0.25, 0.3) is 11.5 Å². The molecule has 0 radical (unpaired) electrons. The van der Waals surface area contributed by atoms with Gasteiger partial charge in [0.15, 0.2) is 0 Å². The van der Waals surface area contributed by atoms with E-state index >= 15 is 0 Å². The Labute approximate surface area is 188 Å². The number of amides is 1. The minimum absolute atomic E-state index is 0.0715. The second-order valence-electron chi connectivity index (χ2n) is 8.00. The molecule has 4 rings (SSSR count). The van der Waals surface area contributed by atoms with E-state index in [1.807, 2.05) is 93.6 Å². The molecular weight excluding hydrogens is 398 g/mol. The predicted molar refractivity (Wildman–Crippen MR) is 128 cm³/mol. The number of fused-ring (bicyclic) bond motifs is 1. The number of aryl methyl sites for hydroxylation is 1. The van der Waals surface area contributed by atoms with E-state index in [0.29, 0.717) is 28.8 Å². The molecule has 1 unspecified atom stereocenters. The molecule has 0 bridgehead atoms. The molecule has 0 saturated carbocycles. The van der Waals surface area contributed by atoms with Crippen molar-refractivity contribution in [3.63, 3.8) is 0 Å². The van der Waals surface area contributed by atoms with Crippen molar-refractivity contribution < 1.29 is 4.79 Å². The van der Waals surface area contributed by atoms with E-state index in [1.54, 1.807) is 15.5 Å². The molecule has 1 amide bonds. The summed E-state index contributed by atoms with van der Waals surface area (Å²) in [4.78, 5) is 33.7. The maximum atomic E-state index is 13.6. The molecule has 0 N–H and O–H groups in total. The van der Waals surface area contributed by atoms with Gasteiger partial charge in [-0.15, -0.1) is 0 Å². The average Bonchev–Trinajstić information content (AvgIpc) is 2.83. The Morgan fingerprint density at radius 3 is 2.31 bits per heavy atom. The van der Waals surface area contributed by atoms with Gasteiger partial charge in [-0.2, -0.15) is 0 Å². The highest BCUT2D eigenvalue weighted by molar-refractivity contribution is 5.94. The minimum atomic E-state index is -0.402. The second kappa shape index (κ2) is 9.18. The molecule has 1 aromatic heterocycles. The van der Waals surface area contributed by atoms with Crippen molar-refractivity contribution in [3.05, 3.63) is 106 Å². The molecule has 162 valence electrons. The fraction of sp³-hybridized carbons (Fsp3) is 0.222. The number of benzene rings is 3. The Morgan fingerprint density at radius 2 is 1.62 bits per heavy atom. The van der Waals surface area contributed by atoms with Crippen LogP contribution in [0.15, 0.2) is 83.7 Å². The average molecular weight is 426 g/mol. The third kappa shape index (κ3) is 4.06. The molecule has 0 fully saturated rings. The van der Waals surface area contributed by atoms with Gasteiger partial charge >= 0.3 is 0 Å². The molecule has 0 aliphatic carbocycles. The molecule has 0 aliphatic rings. The van der Waals surface area contributed by atoms with E-state index in [2.05, 4.69) is 0 Å². The standard InChI is InChI=1S/C27H27N3O2/c1-4-18-29(26(31)21-10-6-5-7-11-21)20(3)25-28-24-13-9-8-12-23(24)27(32)30(25)22-16-14-19(2)15-17-22/h5-17,20H,4,18H2,1-3H3. The van der Waals surface area contributed by atoms with Gasteiger partial charge in [-0.25, -0.2) is 4.98 Å². The zero-order valence-corrected chi connectivity index (χ0v) is 18.7. The molecule has 32 heavy (non-hydrogen) atoms. The number of para-hydroxylation sites is 1.